The summed E-state index contributed by atoms with van der Waals surface area (Å²) in [5.41, 5.74) is 9.64. The Bertz CT molecular complexity index is 1900. The molecule has 9 rings (SSSR count). The number of ether oxygens (including phenoxy) is 1. The Morgan fingerprint density at radius 2 is 1.46 bits per heavy atom. The Morgan fingerprint density at radius 3 is 2.24 bits per heavy atom. The van der Waals surface area contributed by atoms with Gasteiger partial charge in [0.15, 0.2) is 0 Å². The van der Waals surface area contributed by atoms with E-state index in [-0.39, 0.29) is 6.04 Å². The lowest BCUT2D eigenvalue weighted by Gasteiger charge is -2.34. The van der Waals surface area contributed by atoms with Crippen LogP contribution in [0.4, 0.5) is 5.69 Å². The highest BCUT2D eigenvalue weighted by Crippen LogP contribution is 2.51. The zero-order chi connectivity index (χ0) is 30.5. The summed E-state index contributed by atoms with van der Waals surface area (Å²) in [6.45, 7) is 0.822. The van der Waals surface area contributed by atoms with E-state index in [1.54, 1.807) is 0 Å². The highest BCUT2D eigenvalue weighted by Gasteiger charge is 2.51. The van der Waals surface area contributed by atoms with Crippen molar-refractivity contribution in [1.82, 2.24) is 5.32 Å². The smallest absolute Gasteiger partial charge is 0.133 e. The van der Waals surface area contributed by atoms with E-state index in [4.69, 9.17) is 9.73 Å². The molecule has 0 bridgehead atoms. The summed E-state index contributed by atoms with van der Waals surface area (Å²) in [5, 5.41) is 3.65. The molecule has 0 spiro atoms. The molecule has 46 heavy (non-hydrogen) atoms. The van der Waals surface area contributed by atoms with E-state index < -0.39 is 0 Å². The summed E-state index contributed by atoms with van der Waals surface area (Å²) in [6, 6.07) is 39.7. The average Bonchev–Trinajstić information content (AvgIpc) is 3.75. The Morgan fingerprint density at radius 1 is 0.739 bits per heavy atom. The fraction of sp³-hybridized carbons (Fsp3) is 0.214. The predicted molar refractivity (Wildman–Crippen MR) is 187 cm³/mol. The molecule has 3 heterocycles. The zero-order valence-electron chi connectivity index (χ0n) is 25.8. The van der Waals surface area contributed by atoms with Crippen LogP contribution in [0.2, 0.25) is 0 Å². The molecule has 0 amide bonds. The van der Waals surface area contributed by atoms with Gasteiger partial charge in [-0.25, -0.2) is 0 Å². The first-order valence-electron chi connectivity index (χ1n) is 16.7. The predicted octanol–water partition coefficient (Wildman–Crippen LogP) is 8.87. The Labute approximate surface area is 271 Å². The molecule has 5 unspecified atom stereocenters. The maximum absolute atomic E-state index is 6.27. The summed E-state index contributed by atoms with van der Waals surface area (Å²) < 4.78 is 6.27. The van der Waals surface area contributed by atoms with Gasteiger partial charge in [0.2, 0.25) is 0 Å². The van der Waals surface area contributed by atoms with Gasteiger partial charge in [-0.15, -0.1) is 0 Å². The number of fused-ring (bicyclic) bond motifs is 4. The van der Waals surface area contributed by atoms with E-state index in [2.05, 4.69) is 150 Å². The van der Waals surface area contributed by atoms with Gasteiger partial charge in [-0.1, -0.05) is 121 Å². The average molecular weight is 600 g/mol. The summed E-state index contributed by atoms with van der Waals surface area (Å²) in [4.78, 5) is 7.91. The standard InChI is InChI=1S/C42H37N3O/c1-3-9-28(10-4-1)29-15-17-30(18-16-29)36-27-37(44-42(43-36)33-11-5-2-6-12-33)31-19-22-34(23-20-31)45-38-14-8-7-13-35(38)40-39(45)24-21-32-25-26-46-41(32)40/h1-7,9-13,15-24,27,35,37-40H,8,14,25-26H2,(H,43,44). The molecule has 4 heteroatoms. The first-order valence-corrected chi connectivity index (χ1v) is 16.7. The van der Waals surface area contributed by atoms with Crippen LogP contribution in [0, 0.1) is 11.8 Å². The molecule has 226 valence electrons. The van der Waals surface area contributed by atoms with Crippen molar-refractivity contribution >= 4 is 17.2 Å². The number of anilines is 1. The summed E-state index contributed by atoms with van der Waals surface area (Å²) >= 11 is 0. The number of nitrogens with zero attached hydrogens (tertiary/aromatic N) is 2. The second-order valence-electron chi connectivity index (χ2n) is 12.9. The van der Waals surface area contributed by atoms with Crippen molar-refractivity contribution in [2.75, 3.05) is 11.5 Å². The third-order valence-electron chi connectivity index (χ3n) is 10.4. The third kappa shape index (κ3) is 4.71. The van der Waals surface area contributed by atoms with Crippen molar-refractivity contribution in [3.05, 3.63) is 168 Å². The second kappa shape index (κ2) is 11.4. The Kier molecular flexibility index (Phi) is 6.73. The van der Waals surface area contributed by atoms with Crippen LogP contribution in [0.1, 0.15) is 42.0 Å². The van der Waals surface area contributed by atoms with E-state index >= 15 is 0 Å². The van der Waals surface area contributed by atoms with Gasteiger partial charge in [-0.3, -0.25) is 4.99 Å². The lowest BCUT2D eigenvalue weighted by Crippen LogP contribution is -2.38. The SMILES string of the molecule is C1=CC2C3C4=C(C=CC3N(c3ccc(C5C=C(c6ccc(-c7ccccc7)cc6)NC(c6ccccc6)=N5)cc3)C2CC1)CCO4. The second-order valence-corrected chi connectivity index (χ2v) is 12.9. The largest absolute Gasteiger partial charge is 0.497 e. The number of nitrogens with one attached hydrogen (secondary N) is 1. The van der Waals surface area contributed by atoms with Gasteiger partial charge in [0.1, 0.15) is 11.6 Å². The highest BCUT2D eigenvalue weighted by atomic mass is 16.5. The molecule has 4 aromatic rings. The number of benzene rings is 4. The van der Waals surface area contributed by atoms with Gasteiger partial charge in [0.05, 0.1) is 18.7 Å². The first-order chi connectivity index (χ1) is 22.8. The van der Waals surface area contributed by atoms with E-state index in [9.17, 15) is 0 Å². The molecule has 1 N–H and O–H groups in total. The molecule has 2 aliphatic carbocycles. The van der Waals surface area contributed by atoms with Gasteiger partial charge < -0.3 is 15.0 Å². The normalized spacial score (nSPS) is 26.0. The summed E-state index contributed by atoms with van der Waals surface area (Å²) in [5.74, 6) is 3.05. The molecule has 5 aliphatic rings. The zero-order valence-corrected chi connectivity index (χ0v) is 25.8. The first kappa shape index (κ1) is 27.2. The minimum absolute atomic E-state index is 0.0971. The topological polar surface area (TPSA) is 36.9 Å². The number of aliphatic imine (C=N–C) groups is 1. The van der Waals surface area contributed by atoms with E-state index in [0.717, 1.165) is 42.1 Å². The summed E-state index contributed by atoms with van der Waals surface area (Å²) in [7, 11) is 0. The lowest BCUT2D eigenvalue weighted by atomic mass is 9.78. The van der Waals surface area contributed by atoms with Gasteiger partial charge in [0.25, 0.3) is 0 Å². The lowest BCUT2D eigenvalue weighted by molar-refractivity contribution is 0.192. The molecule has 0 aromatic heterocycles. The van der Waals surface area contributed by atoms with Crippen LogP contribution in [0.15, 0.2) is 156 Å². The maximum Gasteiger partial charge on any atom is 0.133 e. The van der Waals surface area contributed by atoms with Crippen LogP contribution < -0.4 is 10.2 Å². The fourth-order valence-corrected chi connectivity index (χ4v) is 8.16. The van der Waals surface area contributed by atoms with Gasteiger partial charge in [0, 0.05) is 41.2 Å². The van der Waals surface area contributed by atoms with E-state index in [1.807, 2.05) is 0 Å². The minimum Gasteiger partial charge on any atom is -0.497 e. The van der Waals surface area contributed by atoms with Gasteiger partial charge in [-0.05, 0) is 58.9 Å². The van der Waals surface area contributed by atoms with Gasteiger partial charge in [-0.2, -0.15) is 0 Å². The maximum atomic E-state index is 6.27. The van der Waals surface area contributed by atoms with Crippen molar-refractivity contribution in [2.45, 2.75) is 37.4 Å². The van der Waals surface area contributed by atoms with Crippen LogP contribution in [-0.2, 0) is 4.74 Å². The minimum atomic E-state index is -0.0971. The van der Waals surface area contributed by atoms with Crippen molar-refractivity contribution in [2.24, 2.45) is 16.8 Å². The van der Waals surface area contributed by atoms with Crippen LogP contribution in [-0.4, -0.2) is 24.5 Å². The monoisotopic (exact) mass is 599 g/mol. The van der Waals surface area contributed by atoms with Crippen molar-refractivity contribution in [3.8, 4) is 11.1 Å². The molecule has 1 saturated heterocycles. The fourth-order valence-electron chi connectivity index (χ4n) is 8.16. The Balaban J connectivity index is 1.04. The molecule has 5 atom stereocenters. The highest BCUT2D eigenvalue weighted by molar-refractivity contribution is 6.04. The van der Waals surface area contributed by atoms with Crippen LogP contribution in [0.25, 0.3) is 16.8 Å². The quantitative estimate of drug-likeness (QED) is 0.233. The molecular formula is C42H37N3O. The number of hydrogen-bond donors (Lipinski definition) is 1. The molecule has 0 saturated carbocycles. The molecule has 0 radical (unpaired) electrons. The van der Waals surface area contributed by atoms with E-state index in [0.29, 0.717) is 23.9 Å². The Hall–Kier alpha value is -5.09. The molecule has 3 aliphatic heterocycles. The molecule has 4 aromatic carbocycles. The molecule has 1 fully saturated rings. The van der Waals surface area contributed by atoms with E-state index in [1.165, 1.54) is 40.1 Å². The molecular weight excluding hydrogens is 562 g/mol. The number of rotatable bonds is 5. The van der Waals surface area contributed by atoms with Crippen molar-refractivity contribution < 1.29 is 4.74 Å². The van der Waals surface area contributed by atoms with Crippen LogP contribution in [0.3, 0.4) is 0 Å². The van der Waals surface area contributed by atoms with Gasteiger partial charge >= 0.3 is 0 Å². The van der Waals surface area contributed by atoms with Crippen LogP contribution >= 0.6 is 0 Å². The number of hydrogen-bond acceptors (Lipinski definition) is 4. The summed E-state index contributed by atoms with van der Waals surface area (Å²) in [6.07, 6.45) is 15.3. The molecule has 4 nitrogen and oxygen atoms in total. The van der Waals surface area contributed by atoms with Crippen LogP contribution in [0.5, 0.6) is 0 Å². The number of amidine groups is 1. The third-order valence-corrected chi connectivity index (χ3v) is 10.4. The van der Waals surface area contributed by atoms with Crippen molar-refractivity contribution in [1.29, 1.82) is 0 Å². The van der Waals surface area contributed by atoms with Crippen molar-refractivity contribution in [3.63, 3.8) is 0 Å². The number of allylic oxidation sites excluding steroid dienone is 2.